The van der Waals surface area contributed by atoms with Crippen molar-refractivity contribution in [2.24, 2.45) is 0 Å². The fourth-order valence-corrected chi connectivity index (χ4v) is 1.18. The number of aromatic amines is 1. The maximum absolute atomic E-state index is 11.9. The average Bonchev–Trinajstić information content (AvgIpc) is 2.76. The number of nitrogens with zero attached hydrogens (tertiary/aromatic N) is 2. The smallest absolute Gasteiger partial charge is 0.321 e. The number of nitro groups is 1. The number of aromatic nitrogens is 1. The molecule has 17 heavy (non-hydrogen) atoms. The van der Waals surface area contributed by atoms with E-state index < -0.39 is 16.4 Å². The number of hydrogen-bond acceptors (Lipinski definition) is 4. The number of hydrogen-bond donors (Lipinski definition) is 2. The Morgan fingerprint density at radius 2 is 2.18 bits per heavy atom. The zero-order chi connectivity index (χ0) is 13.2. The number of carbonyl (C=O) groups is 1. The number of aliphatic hydroxyl groups is 1. The van der Waals surface area contributed by atoms with E-state index in [0.29, 0.717) is 0 Å². The van der Waals surface area contributed by atoms with E-state index in [1.165, 1.54) is 24.1 Å². The van der Waals surface area contributed by atoms with Gasteiger partial charge in [-0.2, -0.15) is 0 Å². The second kappa shape index (κ2) is 4.54. The predicted octanol–water partition coefficient (Wildman–Crippen LogP) is 0.766. The van der Waals surface area contributed by atoms with Gasteiger partial charge in [-0.25, -0.2) is 4.98 Å². The lowest BCUT2D eigenvalue weighted by atomic mass is 10.0. The molecule has 0 aliphatic heterocycles. The van der Waals surface area contributed by atoms with Crippen LogP contribution in [-0.4, -0.2) is 45.0 Å². The number of carbonyl (C=O) groups excluding carboxylic acids is 1. The molecule has 0 aliphatic carbocycles. The maximum Gasteiger partial charge on any atom is 0.321 e. The van der Waals surface area contributed by atoms with Gasteiger partial charge in [0.2, 0.25) is 0 Å². The molecule has 0 spiro atoms. The van der Waals surface area contributed by atoms with Gasteiger partial charge in [0, 0.05) is 13.1 Å². The summed E-state index contributed by atoms with van der Waals surface area (Å²) in [7, 11) is 1.53. The molecule has 0 fully saturated rings. The van der Waals surface area contributed by atoms with Crippen LogP contribution in [0, 0.1) is 10.1 Å². The largest absolute Gasteiger partial charge is 0.394 e. The molecule has 0 aromatic carbocycles. The van der Waals surface area contributed by atoms with Crippen molar-refractivity contribution in [2.75, 3.05) is 13.7 Å². The lowest BCUT2D eigenvalue weighted by Crippen LogP contribution is -2.47. The van der Waals surface area contributed by atoms with E-state index in [1.54, 1.807) is 13.8 Å². The molecule has 2 N–H and O–H groups in total. The first-order valence-corrected chi connectivity index (χ1v) is 5.02. The van der Waals surface area contributed by atoms with E-state index in [-0.39, 0.29) is 18.1 Å². The Bertz CT molecular complexity index is 439. The van der Waals surface area contributed by atoms with Gasteiger partial charge in [-0.3, -0.25) is 4.79 Å². The maximum atomic E-state index is 11.9. The third kappa shape index (κ3) is 2.62. The minimum absolute atomic E-state index is 0.126. The standard InChI is InChI=1S/C10H15N3O4/c1-10(2,6-14)12(3)9(15)7-4-5-8(11-7)13(16)17/h4-5,11,14H,6H2,1-3H3. The van der Waals surface area contributed by atoms with Crippen molar-refractivity contribution in [3.63, 3.8) is 0 Å². The third-order valence-corrected chi connectivity index (χ3v) is 2.70. The average molecular weight is 241 g/mol. The number of nitrogens with one attached hydrogen (secondary N) is 1. The Hall–Kier alpha value is -1.89. The lowest BCUT2D eigenvalue weighted by Gasteiger charge is -2.32. The van der Waals surface area contributed by atoms with Crippen molar-refractivity contribution in [1.29, 1.82) is 0 Å². The molecule has 0 aliphatic rings. The quantitative estimate of drug-likeness (QED) is 0.600. The van der Waals surface area contributed by atoms with Gasteiger partial charge < -0.3 is 20.1 Å². The fraction of sp³-hybridized carbons (Fsp3) is 0.500. The van der Waals surface area contributed by atoms with E-state index in [4.69, 9.17) is 5.11 Å². The summed E-state index contributed by atoms with van der Waals surface area (Å²) < 4.78 is 0. The van der Waals surface area contributed by atoms with Crippen LogP contribution in [0.25, 0.3) is 0 Å². The van der Waals surface area contributed by atoms with Crippen molar-refractivity contribution in [2.45, 2.75) is 19.4 Å². The summed E-state index contributed by atoms with van der Waals surface area (Å²) in [5.74, 6) is -0.638. The molecule has 1 rings (SSSR count). The monoisotopic (exact) mass is 241 g/mol. The summed E-state index contributed by atoms with van der Waals surface area (Å²) in [6, 6.07) is 2.58. The zero-order valence-electron chi connectivity index (χ0n) is 9.93. The highest BCUT2D eigenvalue weighted by Crippen LogP contribution is 2.17. The minimum atomic E-state index is -0.725. The molecule has 0 radical (unpaired) electrons. The van der Waals surface area contributed by atoms with Gasteiger partial charge in [-0.15, -0.1) is 0 Å². The molecule has 7 nitrogen and oxygen atoms in total. The number of H-pyrrole nitrogens is 1. The van der Waals surface area contributed by atoms with Crippen LogP contribution in [0.1, 0.15) is 24.3 Å². The molecule has 0 atom stereocenters. The SMILES string of the molecule is CN(C(=O)c1ccc([N+](=O)[O-])[nH]1)C(C)(C)CO. The number of amides is 1. The molecule has 0 bridgehead atoms. The molecule has 1 heterocycles. The molecule has 1 aromatic rings. The van der Waals surface area contributed by atoms with E-state index in [2.05, 4.69) is 4.98 Å². The van der Waals surface area contributed by atoms with Gasteiger partial charge in [0.05, 0.1) is 12.1 Å². The van der Waals surface area contributed by atoms with Crippen LogP contribution in [0.2, 0.25) is 0 Å². The molecular weight excluding hydrogens is 226 g/mol. The summed E-state index contributed by atoms with van der Waals surface area (Å²) >= 11 is 0. The highest BCUT2D eigenvalue weighted by atomic mass is 16.6. The van der Waals surface area contributed by atoms with Gasteiger partial charge in [-0.05, 0) is 24.8 Å². The van der Waals surface area contributed by atoms with E-state index in [1.807, 2.05) is 0 Å². The highest BCUT2D eigenvalue weighted by Gasteiger charge is 2.30. The molecule has 7 heteroatoms. The van der Waals surface area contributed by atoms with Gasteiger partial charge in [0.1, 0.15) is 0 Å². The van der Waals surface area contributed by atoms with E-state index in [0.717, 1.165) is 0 Å². The summed E-state index contributed by atoms with van der Waals surface area (Å²) in [5.41, 5.74) is -0.600. The lowest BCUT2D eigenvalue weighted by molar-refractivity contribution is -0.389. The first kappa shape index (κ1) is 13.2. The van der Waals surface area contributed by atoms with Gasteiger partial charge in [-0.1, -0.05) is 0 Å². The van der Waals surface area contributed by atoms with Crippen LogP contribution < -0.4 is 0 Å². The topological polar surface area (TPSA) is 99.5 Å². The second-order valence-electron chi connectivity index (χ2n) is 4.35. The Balaban J connectivity index is 2.93. The molecule has 0 saturated heterocycles. The molecular formula is C10H15N3O4. The molecule has 0 saturated carbocycles. The van der Waals surface area contributed by atoms with Crippen molar-refractivity contribution in [1.82, 2.24) is 9.88 Å². The number of rotatable bonds is 4. The summed E-state index contributed by atoms with van der Waals surface area (Å²) in [5, 5.41) is 19.6. The van der Waals surface area contributed by atoms with Crippen LogP contribution in [0.4, 0.5) is 5.82 Å². The Morgan fingerprint density at radius 3 is 2.59 bits per heavy atom. The van der Waals surface area contributed by atoms with E-state index >= 15 is 0 Å². The highest BCUT2D eigenvalue weighted by molar-refractivity contribution is 5.93. The van der Waals surface area contributed by atoms with Crippen LogP contribution in [0.5, 0.6) is 0 Å². The molecule has 94 valence electrons. The van der Waals surface area contributed by atoms with Crippen LogP contribution in [-0.2, 0) is 0 Å². The van der Waals surface area contributed by atoms with Crippen LogP contribution in [0.15, 0.2) is 12.1 Å². The van der Waals surface area contributed by atoms with Crippen LogP contribution >= 0.6 is 0 Å². The predicted molar refractivity (Wildman–Crippen MR) is 60.7 cm³/mol. The van der Waals surface area contributed by atoms with Gasteiger partial charge >= 0.3 is 5.82 Å². The fourth-order valence-electron chi connectivity index (χ4n) is 1.18. The van der Waals surface area contributed by atoms with Crippen molar-refractivity contribution < 1.29 is 14.8 Å². The number of likely N-dealkylation sites (N-methyl/N-ethyl adjacent to an activating group) is 1. The summed E-state index contributed by atoms with van der Waals surface area (Å²) in [4.78, 5) is 25.6. The van der Waals surface area contributed by atoms with Gasteiger partial charge in [0.25, 0.3) is 5.91 Å². The normalized spacial score (nSPS) is 11.3. The Morgan fingerprint density at radius 1 is 1.59 bits per heavy atom. The first-order valence-electron chi connectivity index (χ1n) is 5.02. The molecule has 0 unspecified atom stereocenters. The Kier molecular flexibility index (Phi) is 3.52. The molecule has 1 amide bonds. The second-order valence-corrected chi connectivity index (χ2v) is 4.35. The Labute approximate surface area is 98.2 Å². The van der Waals surface area contributed by atoms with Crippen molar-refractivity contribution in [3.05, 3.63) is 27.9 Å². The minimum Gasteiger partial charge on any atom is -0.394 e. The number of aliphatic hydroxyl groups excluding tert-OH is 1. The molecule has 1 aromatic heterocycles. The van der Waals surface area contributed by atoms with Crippen molar-refractivity contribution in [3.8, 4) is 0 Å². The third-order valence-electron chi connectivity index (χ3n) is 2.70. The first-order chi connectivity index (χ1) is 7.79. The van der Waals surface area contributed by atoms with E-state index in [9.17, 15) is 14.9 Å². The summed E-state index contributed by atoms with van der Waals surface area (Å²) in [6.07, 6.45) is 0. The van der Waals surface area contributed by atoms with Crippen molar-refractivity contribution >= 4 is 11.7 Å². The van der Waals surface area contributed by atoms with Gasteiger partial charge in [0.15, 0.2) is 5.69 Å². The van der Waals surface area contributed by atoms with Crippen LogP contribution in [0.3, 0.4) is 0 Å². The summed E-state index contributed by atoms with van der Waals surface area (Å²) in [6.45, 7) is 3.20. The zero-order valence-corrected chi connectivity index (χ0v) is 9.93.